The number of pyridine rings is 1. The van der Waals surface area contributed by atoms with Gasteiger partial charge in [-0.15, -0.1) is 0 Å². The van der Waals surface area contributed by atoms with Crippen molar-refractivity contribution in [2.75, 3.05) is 26.5 Å². The standard InChI is InChI=1S/C32H45N5O4/c1-21-24(12-14-29(33)36-21)20-35-31(39)32-18-25(32)10-7-15-37(32)30(38)26(16-22-8-5-4-6-9-22)34-19-23-11-13-27(40-2)28(17-23)41-3/h11-14,17,22,25-26,34H,4-10,15-16,18-20H2,1-3H3,(H2,33,36)(H,35,39)/t25-,26-,32+/m1/s1. The average molecular weight is 564 g/mol. The Bertz CT molecular complexity index is 1250. The van der Waals surface area contributed by atoms with Crippen LogP contribution in [0.5, 0.6) is 11.5 Å². The fraction of sp³-hybridized carbons (Fsp3) is 0.594. The summed E-state index contributed by atoms with van der Waals surface area (Å²) in [6, 6.07) is 9.15. The topological polar surface area (TPSA) is 119 Å². The Labute approximate surface area is 243 Å². The number of nitrogens with two attached hydrogens (primary N) is 1. The first-order valence-corrected chi connectivity index (χ1v) is 15.1. The molecule has 0 radical (unpaired) electrons. The normalized spacial score (nSPS) is 22.9. The fourth-order valence-electron chi connectivity index (χ4n) is 6.96. The molecule has 3 fully saturated rings. The Kier molecular flexibility index (Phi) is 9.02. The lowest BCUT2D eigenvalue weighted by molar-refractivity contribution is -0.146. The third kappa shape index (κ3) is 6.30. The average Bonchev–Trinajstić information content (AvgIpc) is 3.75. The van der Waals surface area contributed by atoms with Crippen LogP contribution < -0.4 is 25.8 Å². The molecule has 4 N–H and O–H groups in total. The quantitative estimate of drug-likeness (QED) is 0.376. The number of methoxy groups -OCH3 is 2. The zero-order chi connectivity index (χ0) is 29.0. The SMILES string of the molecule is COc1ccc(CN[C@H](CC2CCCCC2)C(=O)N2CCC[C@@H]3C[C@@]32C(=O)NCc2ccc(N)nc2C)cc1OC. The number of nitrogens with zero attached hydrogens (tertiary/aromatic N) is 2. The van der Waals surface area contributed by atoms with E-state index in [0.717, 1.165) is 55.3 Å². The highest BCUT2D eigenvalue weighted by atomic mass is 16.5. The number of piperidine rings is 1. The Balaban J connectivity index is 1.32. The zero-order valence-corrected chi connectivity index (χ0v) is 24.7. The van der Waals surface area contributed by atoms with Crippen molar-refractivity contribution in [3.05, 3.63) is 47.2 Å². The van der Waals surface area contributed by atoms with Crippen molar-refractivity contribution in [1.29, 1.82) is 0 Å². The van der Waals surface area contributed by atoms with E-state index in [2.05, 4.69) is 15.6 Å². The second-order valence-electron chi connectivity index (χ2n) is 12.0. The summed E-state index contributed by atoms with van der Waals surface area (Å²) in [6.07, 6.45) is 9.46. The maximum absolute atomic E-state index is 14.3. The number of aryl methyl sites for hydroxylation is 1. The van der Waals surface area contributed by atoms with Gasteiger partial charge in [-0.1, -0.05) is 44.2 Å². The van der Waals surface area contributed by atoms with E-state index in [1.54, 1.807) is 20.3 Å². The number of ether oxygens (including phenoxy) is 2. The van der Waals surface area contributed by atoms with Crippen LogP contribution in [0.25, 0.3) is 0 Å². The van der Waals surface area contributed by atoms with Gasteiger partial charge < -0.3 is 30.7 Å². The van der Waals surface area contributed by atoms with Crippen molar-refractivity contribution in [2.45, 2.75) is 89.4 Å². The maximum Gasteiger partial charge on any atom is 0.246 e. The Morgan fingerprint density at radius 1 is 1.05 bits per heavy atom. The molecule has 41 heavy (non-hydrogen) atoms. The number of carbonyl (C=O) groups excluding carboxylic acids is 2. The van der Waals surface area contributed by atoms with E-state index in [1.807, 2.05) is 36.1 Å². The number of hydrogen-bond donors (Lipinski definition) is 3. The molecular weight excluding hydrogens is 518 g/mol. The minimum atomic E-state index is -0.750. The van der Waals surface area contributed by atoms with E-state index in [0.29, 0.717) is 42.9 Å². The smallest absolute Gasteiger partial charge is 0.246 e. The summed E-state index contributed by atoms with van der Waals surface area (Å²) in [7, 11) is 3.25. The fourth-order valence-corrected chi connectivity index (χ4v) is 6.96. The number of amides is 2. The van der Waals surface area contributed by atoms with Gasteiger partial charge in [-0.25, -0.2) is 4.98 Å². The third-order valence-corrected chi connectivity index (χ3v) is 9.40. The van der Waals surface area contributed by atoms with E-state index in [9.17, 15) is 9.59 Å². The molecule has 3 atom stereocenters. The predicted molar refractivity (Wildman–Crippen MR) is 158 cm³/mol. The molecule has 222 valence electrons. The number of fused-ring (bicyclic) bond motifs is 1. The Morgan fingerprint density at radius 3 is 2.56 bits per heavy atom. The molecule has 1 aromatic heterocycles. The van der Waals surface area contributed by atoms with Gasteiger partial charge in [-0.2, -0.15) is 0 Å². The second-order valence-corrected chi connectivity index (χ2v) is 12.0. The van der Waals surface area contributed by atoms with Crippen molar-refractivity contribution >= 4 is 17.6 Å². The van der Waals surface area contributed by atoms with Crippen LogP contribution in [0.1, 0.15) is 74.6 Å². The summed E-state index contributed by atoms with van der Waals surface area (Å²) in [5.41, 5.74) is 7.81. The highest BCUT2D eigenvalue weighted by molar-refractivity contribution is 5.96. The Hall–Kier alpha value is -3.33. The van der Waals surface area contributed by atoms with Gasteiger partial charge in [-0.05, 0) is 73.8 Å². The molecule has 0 spiro atoms. The van der Waals surface area contributed by atoms with Crippen LogP contribution in [0, 0.1) is 18.8 Å². The van der Waals surface area contributed by atoms with Gasteiger partial charge in [0, 0.05) is 25.3 Å². The molecule has 0 bridgehead atoms. The van der Waals surface area contributed by atoms with Crippen molar-refractivity contribution in [3.63, 3.8) is 0 Å². The van der Waals surface area contributed by atoms with Gasteiger partial charge in [0.05, 0.1) is 20.3 Å². The van der Waals surface area contributed by atoms with Gasteiger partial charge in [0.15, 0.2) is 11.5 Å². The van der Waals surface area contributed by atoms with Gasteiger partial charge >= 0.3 is 0 Å². The summed E-state index contributed by atoms with van der Waals surface area (Å²) in [4.78, 5) is 34.3. The van der Waals surface area contributed by atoms with E-state index in [4.69, 9.17) is 15.2 Å². The van der Waals surface area contributed by atoms with Gasteiger partial charge in [0.2, 0.25) is 11.8 Å². The van der Waals surface area contributed by atoms with Gasteiger partial charge in [0.25, 0.3) is 0 Å². The van der Waals surface area contributed by atoms with E-state index < -0.39 is 5.54 Å². The highest BCUT2D eigenvalue weighted by Crippen LogP contribution is 2.54. The molecular formula is C32H45N5O4. The van der Waals surface area contributed by atoms with Crippen molar-refractivity contribution in [3.8, 4) is 11.5 Å². The number of anilines is 1. The number of nitrogen functional groups attached to an aromatic ring is 1. The van der Waals surface area contributed by atoms with Crippen LogP contribution in [0.4, 0.5) is 5.82 Å². The number of rotatable bonds is 11. The number of likely N-dealkylation sites (tertiary alicyclic amines) is 1. The summed E-state index contributed by atoms with van der Waals surface area (Å²) in [5.74, 6) is 2.54. The van der Waals surface area contributed by atoms with Crippen LogP contribution in [0.2, 0.25) is 0 Å². The minimum absolute atomic E-state index is 0.0527. The molecule has 3 aliphatic rings. The van der Waals surface area contributed by atoms with Gasteiger partial charge in [-0.3, -0.25) is 9.59 Å². The molecule has 2 amide bonds. The lowest BCUT2D eigenvalue weighted by Gasteiger charge is -2.39. The Morgan fingerprint density at radius 2 is 1.83 bits per heavy atom. The highest BCUT2D eigenvalue weighted by Gasteiger charge is 2.66. The molecule has 9 nitrogen and oxygen atoms in total. The van der Waals surface area contributed by atoms with Crippen molar-refractivity contribution in [1.82, 2.24) is 20.5 Å². The molecule has 9 heteroatoms. The second kappa shape index (κ2) is 12.7. The molecule has 2 aliphatic carbocycles. The summed E-state index contributed by atoms with van der Waals surface area (Å²) in [6.45, 7) is 3.41. The maximum atomic E-state index is 14.3. The van der Waals surface area contributed by atoms with Crippen LogP contribution in [-0.2, 0) is 22.7 Å². The number of aromatic nitrogens is 1. The number of hydrogen-bond acceptors (Lipinski definition) is 7. The first-order chi connectivity index (χ1) is 19.8. The predicted octanol–water partition coefficient (Wildman–Crippen LogP) is 4.12. The molecule has 2 heterocycles. The molecule has 5 rings (SSSR count). The number of benzene rings is 1. The number of nitrogens with one attached hydrogen (secondary N) is 2. The largest absolute Gasteiger partial charge is 0.493 e. The van der Waals surface area contributed by atoms with Crippen LogP contribution >= 0.6 is 0 Å². The molecule has 2 aromatic rings. The van der Waals surface area contributed by atoms with Crippen LogP contribution in [0.3, 0.4) is 0 Å². The number of carbonyl (C=O) groups is 2. The summed E-state index contributed by atoms with van der Waals surface area (Å²) < 4.78 is 10.9. The lowest BCUT2D eigenvalue weighted by atomic mass is 9.84. The van der Waals surface area contributed by atoms with Crippen molar-refractivity contribution in [2.24, 2.45) is 11.8 Å². The summed E-state index contributed by atoms with van der Waals surface area (Å²) >= 11 is 0. The molecule has 2 saturated carbocycles. The molecule has 1 aromatic carbocycles. The van der Waals surface area contributed by atoms with Crippen LogP contribution in [-0.4, -0.2) is 54.0 Å². The molecule has 1 aliphatic heterocycles. The van der Waals surface area contributed by atoms with E-state index >= 15 is 0 Å². The third-order valence-electron chi connectivity index (χ3n) is 9.40. The first-order valence-electron chi connectivity index (χ1n) is 15.1. The zero-order valence-electron chi connectivity index (χ0n) is 24.7. The lowest BCUT2D eigenvalue weighted by Crippen LogP contribution is -2.59. The first kappa shape index (κ1) is 29.2. The van der Waals surface area contributed by atoms with Crippen LogP contribution in [0.15, 0.2) is 30.3 Å². The minimum Gasteiger partial charge on any atom is -0.493 e. The van der Waals surface area contributed by atoms with E-state index in [-0.39, 0.29) is 23.8 Å². The summed E-state index contributed by atoms with van der Waals surface area (Å²) in [5, 5.41) is 6.73. The van der Waals surface area contributed by atoms with Gasteiger partial charge in [0.1, 0.15) is 11.4 Å². The van der Waals surface area contributed by atoms with Crippen molar-refractivity contribution < 1.29 is 19.1 Å². The van der Waals surface area contributed by atoms with E-state index in [1.165, 1.54) is 19.3 Å². The monoisotopic (exact) mass is 563 g/mol. The molecule has 1 saturated heterocycles. The molecule has 0 unspecified atom stereocenters.